The Bertz CT molecular complexity index is 566. The molecule has 0 atom stereocenters. The highest BCUT2D eigenvalue weighted by Crippen LogP contribution is 2.31. The van der Waals surface area contributed by atoms with Gasteiger partial charge in [0.05, 0.1) is 5.56 Å². The van der Waals surface area contributed by atoms with Gasteiger partial charge in [-0.05, 0) is 25.5 Å². The van der Waals surface area contributed by atoms with Gasteiger partial charge in [-0.15, -0.1) is 0 Å². The van der Waals surface area contributed by atoms with Gasteiger partial charge in [-0.25, -0.2) is 4.98 Å². The van der Waals surface area contributed by atoms with Crippen LogP contribution in [0.3, 0.4) is 0 Å². The molecule has 2 N–H and O–H groups in total. The molecule has 0 aliphatic carbocycles. The van der Waals surface area contributed by atoms with Crippen molar-refractivity contribution in [1.29, 1.82) is 0 Å². The monoisotopic (exact) mass is 285 g/mol. The molecule has 7 heteroatoms. The van der Waals surface area contributed by atoms with Crippen molar-refractivity contribution in [2.75, 3.05) is 18.0 Å². The lowest BCUT2D eigenvalue weighted by atomic mass is 10.1. The smallest absolute Gasteiger partial charge is 0.365 e. The van der Waals surface area contributed by atoms with Crippen LogP contribution in [-0.2, 0) is 6.18 Å². The third-order valence-corrected chi connectivity index (χ3v) is 3.17. The van der Waals surface area contributed by atoms with Crippen molar-refractivity contribution in [3.05, 3.63) is 35.0 Å². The minimum Gasteiger partial charge on any atom is -0.365 e. The van der Waals surface area contributed by atoms with E-state index >= 15 is 0 Å². The average Bonchev–Trinajstić information content (AvgIpc) is 2.37. The zero-order chi connectivity index (χ0) is 14.9. The van der Waals surface area contributed by atoms with E-state index in [1.54, 1.807) is 4.90 Å². The molecule has 0 saturated heterocycles. The number of halogens is 3. The van der Waals surface area contributed by atoms with Crippen LogP contribution in [0.1, 0.15) is 29.4 Å². The highest BCUT2D eigenvalue weighted by atomic mass is 19.4. The maximum Gasteiger partial charge on any atom is 0.433 e. The van der Waals surface area contributed by atoms with Gasteiger partial charge >= 0.3 is 6.18 Å². The Kier molecular flexibility index (Phi) is 3.69. The number of carbonyl (C=O) groups excluding carboxylic acids is 1. The van der Waals surface area contributed by atoms with E-state index in [4.69, 9.17) is 5.73 Å². The highest BCUT2D eigenvalue weighted by molar-refractivity contribution is 5.97. The molecule has 2 heterocycles. The second-order valence-corrected chi connectivity index (χ2v) is 4.68. The summed E-state index contributed by atoms with van der Waals surface area (Å²) in [6, 6.07) is 1.85. The van der Waals surface area contributed by atoms with Crippen molar-refractivity contribution >= 4 is 11.7 Å². The molecule has 1 amide bonds. The number of anilines is 1. The van der Waals surface area contributed by atoms with Crippen molar-refractivity contribution in [1.82, 2.24) is 4.98 Å². The number of nitrogens with two attached hydrogens (primary N) is 1. The van der Waals surface area contributed by atoms with Gasteiger partial charge in [0.1, 0.15) is 11.5 Å². The molecule has 0 aromatic carbocycles. The van der Waals surface area contributed by atoms with Crippen molar-refractivity contribution in [3.63, 3.8) is 0 Å². The average molecular weight is 285 g/mol. The van der Waals surface area contributed by atoms with E-state index in [0.717, 1.165) is 24.1 Å². The Hall–Kier alpha value is -2.05. The summed E-state index contributed by atoms with van der Waals surface area (Å²) >= 11 is 0. The predicted octanol–water partition coefficient (Wildman–Crippen LogP) is 2.36. The lowest BCUT2D eigenvalue weighted by Gasteiger charge is -2.28. The molecule has 0 radical (unpaired) electrons. The summed E-state index contributed by atoms with van der Waals surface area (Å²) in [5.74, 6) is -0.788. The van der Waals surface area contributed by atoms with Crippen LogP contribution in [0.5, 0.6) is 0 Å². The van der Waals surface area contributed by atoms with Crippen LogP contribution >= 0.6 is 0 Å². The molecule has 4 nitrogen and oxygen atoms in total. The standard InChI is InChI=1S/C13H14F3N3O/c1-8-4-6-19(7-5-8)12-9(11(17)20)2-3-10(18-12)13(14,15)16/h2-4H,5-7H2,1H3,(H2,17,20). The number of hydrogen-bond acceptors (Lipinski definition) is 3. The van der Waals surface area contributed by atoms with E-state index in [9.17, 15) is 18.0 Å². The molecule has 20 heavy (non-hydrogen) atoms. The summed E-state index contributed by atoms with van der Waals surface area (Å²) in [5, 5.41) is 0. The Morgan fingerprint density at radius 2 is 2.10 bits per heavy atom. The number of aromatic nitrogens is 1. The maximum atomic E-state index is 12.7. The molecular weight excluding hydrogens is 271 g/mol. The van der Waals surface area contributed by atoms with Crippen LogP contribution in [0.15, 0.2) is 23.8 Å². The number of pyridine rings is 1. The van der Waals surface area contributed by atoms with Gasteiger partial charge in [0, 0.05) is 13.1 Å². The first-order chi connectivity index (χ1) is 9.29. The molecule has 108 valence electrons. The topological polar surface area (TPSA) is 59.2 Å². The summed E-state index contributed by atoms with van der Waals surface area (Å²) in [6.45, 7) is 2.88. The quantitative estimate of drug-likeness (QED) is 0.849. The fraction of sp³-hybridized carbons (Fsp3) is 0.385. The first-order valence-electron chi connectivity index (χ1n) is 6.07. The number of carbonyl (C=O) groups is 1. The summed E-state index contributed by atoms with van der Waals surface area (Å²) < 4.78 is 38.2. The van der Waals surface area contributed by atoms with E-state index < -0.39 is 17.8 Å². The van der Waals surface area contributed by atoms with E-state index in [0.29, 0.717) is 13.1 Å². The fourth-order valence-electron chi connectivity index (χ4n) is 2.00. The van der Waals surface area contributed by atoms with Crippen molar-refractivity contribution in [3.8, 4) is 0 Å². The van der Waals surface area contributed by atoms with Crippen LogP contribution in [-0.4, -0.2) is 24.0 Å². The maximum absolute atomic E-state index is 12.7. The largest absolute Gasteiger partial charge is 0.433 e. The summed E-state index contributed by atoms with van der Waals surface area (Å²) in [6.07, 6.45) is -1.93. The minimum absolute atomic E-state index is 0.00363. The van der Waals surface area contributed by atoms with Crippen LogP contribution in [0, 0.1) is 0 Å². The van der Waals surface area contributed by atoms with Crippen LogP contribution in [0.25, 0.3) is 0 Å². The molecular formula is C13H14F3N3O. The van der Waals surface area contributed by atoms with E-state index in [1.165, 1.54) is 0 Å². The number of alkyl halides is 3. The summed E-state index contributed by atoms with van der Waals surface area (Å²) in [4.78, 5) is 16.6. The summed E-state index contributed by atoms with van der Waals surface area (Å²) in [7, 11) is 0. The zero-order valence-electron chi connectivity index (χ0n) is 10.9. The van der Waals surface area contributed by atoms with Gasteiger partial charge in [0.25, 0.3) is 5.91 Å². The third kappa shape index (κ3) is 2.92. The lowest BCUT2D eigenvalue weighted by Crippen LogP contribution is -2.32. The fourth-order valence-corrected chi connectivity index (χ4v) is 2.00. The van der Waals surface area contributed by atoms with E-state index in [1.807, 2.05) is 13.0 Å². The molecule has 1 aliphatic heterocycles. The van der Waals surface area contributed by atoms with Gasteiger partial charge in [0.15, 0.2) is 0 Å². The first kappa shape index (κ1) is 14.4. The first-order valence-corrected chi connectivity index (χ1v) is 6.07. The zero-order valence-corrected chi connectivity index (χ0v) is 10.9. The van der Waals surface area contributed by atoms with Crippen LogP contribution < -0.4 is 10.6 Å². The van der Waals surface area contributed by atoms with Gasteiger partial charge < -0.3 is 10.6 Å². The molecule has 0 fully saturated rings. The molecule has 0 spiro atoms. The Balaban J connectivity index is 2.45. The molecule has 1 aliphatic rings. The SMILES string of the molecule is CC1=CCN(c2nc(C(F)(F)F)ccc2C(N)=O)CC1. The van der Waals surface area contributed by atoms with Crippen molar-refractivity contribution < 1.29 is 18.0 Å². The Morgan fingerprint density at radius 1 is 1.40 bits per heavy atom. The molecule has 0 bridgehead atoms. The van der Waals surface area contributed by atoms with Crippen LogP contribution in [0.4, 0.5) is 19.0 Å². The minimum atomic E-state index is -4.55. The highest BCUT2D eigenvalue weighted by Gasteiger charge is 2.34. The Morgan fingerprint density at radius 3 is 2.60 bits per heavy atom. The predicted molar refractivity (Wildman–Crippen MR) is 68.3 cm³/mol. The number of nitrogens with zero attached hydrogens (tertiary/aromatic N) is 2. The summed E-state index contributed by atoms with van der Waals surface area (Å²) in [5.41, 5.74) is 5.35. The number of hydrogen-bond donors (Lipinski definition) is 1. The van der Waals surface area contributed by atoms with Gasteiger partial charge in [0.2, 0.25) is 0 Å². The van der Waals surface area contributed by atoms with E-state index in [2.05, 4.69) is 4.98 Å². The van der Waals surface area contributed by atoms with Crippen LogP contribution in [0.2, 0.25) is 0 Å². The molecule has 2 rings (SSSR count). The molecule has 0 saturated carbocycles. The second kappa shape index (κ2) is 5.15. The van der Waals surface area contributed by atoms with Gasteiger partial charge in [-0.1, -0.05) is 11.6 Å². The van der Waals surface area contributed by atoms with Gasteiger partial charge in [-0.2, -0.15) is 13.2 Å². The normalized spacial score (nSPS) is 16.0. The van der Waals surface area contributed by atoms with Crippen molar-refractivity contribution in [2.45, 2.75) is 19.5 Å². The van der Waals surface area contributed by atoms with Crippen molar-refractivity contribution in [2.24, 2.45) is 5.73 Å². The second-order valence-electron chi connectivity index (χ2n) is 4.68. The molecule has 0 unspecified atom stereocenters. The third-order valence-electron chi connectivity index (χ3n) is 3.17. The van der Waals surface area contributed by atoms with E-state index in [-0.39, 0.29) is 11.4 Å². The number of primary amides is 1. The number of amides is 1. The van der Waals surface area contributed by atoms with Gasteiger partial charge in [-0.3, -0.25) is 4.79 Å². The lowest BCUT2D eigenvalue weighted by molar-refractivity contribution is -0.141. The number of rotatable bonds is 2. The molecule has 1 aromatic rings. The molecule has 1 aromatic heterocycles. The Labute approximate surface area is 114 Å².